The largest absolute Gasteiger partial charge is 0.385 e. The first-order chi connectivity index (χ1) is 9.17. The molecular formula is C15H28N2OS. The molecule has 0 aliphatic heterocycles. The van der Waals surface area contributed by atoms with Gasteiger partial charge >= 0.3 is 0 Å². The number of thiophene rings is 1. The number of rotatable bonds is 10. The lowest BCUT2D eigenvalue weighted by atomic mass is 10.2. The van der Waals surface area contributed by atoms with Crippen molar-refractivity contribution in [3.63, 3.8) is 0 Å². The van der Waals surface area contributed by atoms with E-state index in [0.717, 1.165) is 39.2 Å². The number of ether oxygens (including phenoxy) is 1. The van der Waals surface area contributed by atoms with Gasteiger partial charge in [0.05, 0.1) is 0 Å². The lowest BCUT2D eigenvalue weighted by molar-refractivity contribution is 0.178. The van der Waals surface area contributed by atoms with Gasteiger partial charge in [-0.3, -0.25) is 0 Å². The predicted octanol–water partition coefficient (Wildman–Crippen LogP) is 3.02. The highest BCUT2D eigenvalue weighted by molar-refractivity contribution is 7.12. The number of aryl methyl sites for hydroxylation is 1. The standard InChI is InChI=1S/C15H28N2OS/c1-5-7-16-11-15-10-14(13(2)19-15)12-17(3)8-6-9-18-4/h10,16H,5-9,11-12H2,1-4H3. The van der Waals surface area contributed by atoms with E-state index in [4.69, 9.17) is 4.74 Å². The summed E-state index contributed by atoms with van der Waals surface area (Å²) in [5.74, 6) is 0. The lowest BCUT2D eigenvalue weighted by Crippen LogP contribution is -2.20. The zero-order chi connectivity index (χ0) is 14.1. The molecule has 0 amide bonds. The van der Waals surface area contributed by atoms with Crippen LogP contribution in [0.15, 0.2) is 6.07 Å². The van der Waals surface area contributed by atoms with E-state index in [1.807, 2.05) is 11.3 Å². The fourth-order valence-corrected chi connectivity index (χ4v) is 3.09. The van der Waals surface area contributed by atoms with Crippen LogP contribution in [0.5, 0.6) is 0 Å². The molecule has 1 aromatic heterocycles. The first-order valence-corrected chi connectivity index (χ1v) is 7.95. The van der Waals surface area contributed by atoms with Crippen molar-refractivity contribution in [2.45, 2.75) is 39.8 Å². The van der Waals surface area contributed by atoms with Crippen LogP contribution in [0, 0.1) is 6.92 Å². The molecule has 0 aliphatic rings. The number of hydrogen-bond donors (Lipinski definition) is 1. The Kier molecular flexibility index (Phi) is 8.30. The normalized spacial score (nSPS) is 11.4. The van der Waals surface area contributed by atoms with Gasteiger partial charge in [-0.1, -0.05) is 6.92 Å². The number of nitrogens with one attached hydrogen (secondary N) is 1. The van der Waals surface area contributed by atoms with Crippen LogP contribution >= 0.6 is 11.3 Å². The molecule has 1 heterocycles. The van der Waals surface area contributed by atoms with Gasteiger partial charge in [0, 0.05) is 43.1 Å². The quantitative estimate of drug-likeness (QED) is 0.668. The van der Waals surface area contributed by atoms with E-state index in [0.29, 0.717) is 0 Å². The average molecular weight is 284 g/mol. The summed E-state index contributed by atoms with van der Waals surface area (Å²) in [5, 5.41) is 3.47. The fourth-order valence-electron chi connectivity index (χ4n) is 2.07. The van der Waals surface area contributed by atoms with Crippen LogP contribution in [-0.2, 0) is 17.8 Å². The second-order valence-electron chi connectivity index (χ2n) is 5.06. The lowest BCUT2D eigenvalue weighted by Gasteiger charge is -2.16. The third kappa shape index (κ3) is 6.52. The molecule has 3 nitrogen and oxygen atoms in total. The SMILES string of the molecule is CCCNCc1cc(CN(C)CCCOC)c(C)s1. The van der Waals surface area contributed by atoms with Crippen molar-refractivity contribution in [3.8, 4) is 0 Å². The van der Waals surface area contributed by atoms with Gasteiger partial charge in [-0.25, -0.2) is 0 Å². The molecule has 4 heteroatoms. The van der Waals surface area contributed by atoms with Crippen molar-refractivity contribution in [2.24, 2.45) is 0 Å². The van der Waals surface area contributed by atoms with E-state index in [1.54, 1.807) is 7.11 Å². The molecule has 110 valence electrons. The minimum Gasteiger partial charge on any atom is -0.385 e. The second-order valence-corrected chi connectivity index (χ2v) is 6.40. The van der Waals surface area contributed by atoms with E-state index >= 15 is 0 Å². The third-order valence-electron chi connectivity index (χ3n) is 3.13. The molecule has 0 spiro atoms. The van der Waals surface area contributed by atoms with Crippen molar-refractivity contribution in [1.29, 1.82) is 0 Å². The maximum atomic E-state index is 5.09. The first kappa shape index (κ1) is 16.6. The molecule has 0 saturated heterocycles. The Morgan fingerprint density at radius 2 is 2.21 bits per heavy atom. The third-order valence-corrected chi connectivity index (χ3v) is 4.22. The fraction of sp³-hybridized carbons (Fsp3) is 0.733. The molecule has 1 N–H and O–H groups in total. The summed E-state index contributed by atoms with van der Waals surface area (Å²) >= 11 is 1.92. The van der Waals surface area contributed by atoms with Gasteiger partial charge in [0.25, 0.3) is 0 Å². The van der Waals surface area contributed by atoms with Gasteiger partial charge < -0.3 is 15.0 Å². The van der Waals surface area contributed by atoms with Crippen molar-refractivity contribution >= 4 is 11.3 Å². The Morgan fingerprint density at radius 3 is 2.89 bits per heavy atom. The van der Waals surface area contributed by atoms with Crippen LogP contribution in [0.25, 0.3) is 0 Å². The van der Waals surface area contributed by atoms with Gasteiger partial charge in [-0.15, -0.1) is 11.3 Å². The second kappa shape index (κ2) is 9.48. The molecule has 1 rings (SSSR count). The maximum absolute atomic E-state index is 5.09. The summed E-state index contributed by atoms with van der Waals surface area (Å²) in [6.07, 6.45) is 2.29. The van der Waals surface area contributed by atoms with Gasteiger partial charge in [-0.2, -0.15) is 0 Å². The molecule has 0 radical (unpaired) electrons. The topological polar surface area (TPSA) is 24.5 Å². The molecule has 0 atom stereocenters. The number of hydrogen-bond acceptors (Lipinski definition) is 4. The molecule has 0 fully saturated rings. The molecule has 0 bridgehead atoms. The summed E-state index contributed by atoms with van der Waals surface area (Å²) in [4.78, 5) is 5.27. The minimum atomic E-state index is 0.846. The highest BCUT2D eigenvalue weighted by Crippen LogP contribution is 2.22. The Balaban J connectivity index is 2.40. The van der Waals surface area contributed by atoms with E-state index in [2.05, 4.69) is 37.2 Å². The van der Waals surface area contributed by atoms with E-state index in [-0.39, 0.29) is 0 Å². The maximum Gasteiger partial charge on any atom is 0.0474 e. The minimum absolute atomic E-state index is 0.846. The first-order valence-electron chi connectivity index (χ1n) is 7.13. The average Bonchev–Trinajstić information content (AvgIpc) is 2.71. The Morgan fingerprint density at radius 1 is 1.42 bits per heavy atom. The summed E-state index contributed by atoms with van der Waals surface area (Å²) in [5.41, 5.74) is 1.47. The molecule has 0 saturated carbocycles. The molecule has 1 aromatic rings. The molecule has 19 heavy (non-hydrogen) atoms. The summed E-state index contributed by atoms with van der Waals surface area (Å²) in [6, 6.07) is 2.36. The zero-order valence-corrected chi connectivity index (χ0v) is 13.6. The van der Waals surface area contributed by atoms with Crippen LogP contribution in [0.3, 0.4) is 0 Å². The van der Waals surface area contributed by atoms with Crippen LogP contribution < -0.4 is 5.32 Å². The zero-order valence-electron chi connectivity index (χ0n) is 12.8. The van der Waals surface area contributed by atoms with Crippen molar-refractivity contribution in [3.05, 3.63) is 21.4 Å². The molecular weight excluding hydrogens is 256 g/mol. The molecule has 0 aliphatic carbocycles. The Hall–Kier alpha value is -0.420. The van der Waals surface area contributed by atoms with Crippen molar-refractivity contribution in [1.82, 2.24) is 10.2 Å². The number of nitrogens with zero attached hydrogens (tertiary/aromatic N) is 1. The summed E-state index contributed by atoms with van der Waals surface area (Å²) < 4.78 is 5.09. The van der Waals surface area contributed by atoms with Crippen LogP contribution in [0.4, 0.5) is 0 Å². The van der Waals surface area contributed by atoms with Crippen molar-refractivity contribution < 1.29 is 4.74 Å². The molecule has 0 unspecified atom stereocenters. The van der Waals surface area contributed by atoms with Crippen LogP contribution in [0.2, 0.25) is 0 Å². The number of methoxy groups -OCH3 is 1. The van der Waals surface area contributed by atoms with Crippen LogP contribution in [0.1, 0.15) is 35.1 Å². The van der Waals surface area contributed by atoms with Crippen molar-refractivity contribution in [2.75, 3.05) is 33.9 Å². The Bertz CT molecular complexity index is 352. The van der Waals surface area contributed by atoms with E-state index in [9.17, 15) is 0 Å². The van der Waals surface area contributed by atoms with Gasteiger partial charge in [0.1, 0.15) is 0 Å². The highest BCUT2D eigenvalue weighted by atomic mass is 32.1. The van der Waals surface area contributed by atoms with E-state index in [1.165, 1.54) is 21.7 Å². The van der Waals surface area contributed by atoms with Gasteiger partial charge in [-0.05, 0) is 45.0 Å². The predicted molar refractivity (Wildman–Crippen MR) is 83.9 cm³/mol. The van der Waals surface area contributed by atoms with E-state index < -0.39 is 0 Å². The monoisotopic (exact) mass is 284 g/mol. The Labute approximate surface area is 122 Å². The smallest absolute Gasteiger partial charge is 0.0474 e. The summed E-state index contributed by atoms with van der Waals surface area (Å²) in [6.45, 7) is 9.51. The van der Waals surface area contributed by atoms with Gasteiger partial charge in [0.15, 0.2) is 0 Å². The van der Waals surface area contributed by atoms with Crippen LogP contribution in [-0.4, -0.2) is 38.8 Å². The van der Waals surface area contributed by atoms with Gasteiger partial charge in [0.2, 0.25) is 0 Å². The summed E-state index contributed by atoms with van der Waals surface area (Å²) in [7, 11) is 3.94. The molecule has 0 aromatic carbocycles. The highest BCUT2D eigenvalue weighted by Gasteiger charge is 2.08.